The van der Waals surface area contributed by atoms with Crippen LogP contribution < -0.4 is 10.6 Å². The van der Waals surface area contributed by atoms with Crippen LogP contribution in [0.4, 0.5) is 11.4 Å². The normalized spacial score (nSPS) is 15.6. The predicted octanol–water partition coefficient (Wildman–Crippen LogP) is 5.98. The molecule has 1 aliphatic carbocycles. The highest BCUT2D eigenvalue weighted by atomic mass is 35.5. The van der Waals surface area contributed by atoms with E-state index in [2.05, 4.69) is 10.6 Å². The lowest BCUT2D eigenvalue weighted by molar-refractivity contribution is -0.120. The van der Waals surface area contributed by atoms with Crippen molar-refractivity contribution >= 4 is 46.6 Å². The zero-order valence-electron chi connectivity index (χ0n) is 15.9. The zero-order valence-corrected chi connectivity index (χ0v) is 17.5. The first kappa shape index (κ1) is 20.7. The van der Waals surface area contributed by atoms with Gasteiger partial charge in [-0.05, 0) is 50.1 Å². The van der Waals surface area contributed by atoms with Crippen LogP contribution in [0.3, 0.4) is 0 Å². The molecule has 1 aliphatic rings. The van der Waals surface area contributed by atoms with Crippen molar-refractivity contribution < 1.29 is 9.59 Å². The fourth-order valence-corrected chi connectivity index (χ4v) is 4.42. The molecule has 0 aliphatic heterocycles. The summed E-state index contributed by atoms with van der Waals surface area (Å²) in [6.45, 7) is 1.85. The number of nitrogens with one attached hydrogen (secondary N) is 2. The highest BCUT2D eigenvalue weighted by molar-refractivity contribution is 8.00. The standard InChI is InChI=1S/C22H25ClN2O2S/c1-15(21(26)25-20-13-6-5-12-19(20)23)28-18-11-7-10-17(14-18)24-22(27)16-8-3-2-4-9-16/h5-7,10-16H,2-4,8-9H2,1H3,(H,24,27)(H,25,26). The minimum Gasteiger partial charge on any atom is -0.326 e. The molecule has 0 saturated heterocycles. The second-order valence-corrected chi connectivity index (χ2v) is 8.90. The molecular formula is C22H25ClN2O2S. The smallest absolute Gasteiger partial charge is 0.237 e. The molecule has 148 valence electrons. The first-order valence-corrected chi connectivity index (χ1v) is 10.9. The van der Waals surface area contributed by atoms with E-state index in [0.29, 0.717) is 10.7 Å². The van der Waals surface area contributed by atoms with Gasteiger partial charge in [0.2, 0.25) is 11.8 Å². The van der Waals surface area contributed by atoms with E-state index in [1.54, 1.807) is 12.1 Å². The summed E-state index contributed by atoms with van der Waals surface area (Å²) in [6, 6.07) is 14.8. The fraction of sp³-hybridized carbons (Fsp3) is 0.364. The average molecular weight is 417 g/mol. The SMILES string of the molecule is CC(Sc1cccc(NC(=O)C2CCCCC2)c1)C(=O)Nc1ccccc1Cl. The second-order valence-electron chi connectivity index (χ2n) is 7.08. The third-order valence-electron chi connectivity index (χ3n) is 4.89. The Labute approximate surface area is 175 Å². The third-order valence-corrected chi connectivity index (χ3v) is 6.31. The monoisotopic (exact) mass is 416 g/mol. The number of thioether (sulfide) groups is 1. The van der Waals surface area contributed by atoms with Crippen LogP contribution in [0, 0.1) is 5.92 Å². The van der Waals surface area contributed by atoms with Gasteiger partial charge in [-0.15, -0.1) is 11.8 Å². The van der Waals surface area contributed by atoms with Crippen LogP contribution in [0.1, 0.15) is 39.0 Å². The van der Waals surface area contributed by atoms with Gasteiger partial charge in [-0.3, -0.25) is 9.59 Å². The van der Waals surface area contributed by atoms with Gasteiger partial charge in [0.05, 0.1) is 16.0 Å². The maximum Gasteiger partial charge on any atom is 0.237 e. The molecule has 1 unspecified atom stereocenters. The summed E-state index contributed by atoms with van der Waals surface area (Å²) in [5, 5.41) is 6.10. The molecule has 0 spiro atoms. The molecule has 0 heterocycles. The first-order chi connectivity index (χ1) is 13.5. The van der Waals surface area contributed by atoms with E-state index < -0.39 is 0 Å². The number of hydrogen-bond donors (Lipinski definition) is 2. The summed E-state index contributed by atoms with van der Waals surface area (Å²) in [7, 11) is 0. The van der Waals surface area contributed by atoms with Crippen molar-refractivity contribution in [1.29, 1.82) is 0 Å². The highest BCUT2D eigenvalue weighted by Crippen LogP contribution is 2.29. The molecule has 0 radical (unpaired) electrons. The largest absolute Gasteiger partial charge is 0.326 e. The third kappa shape index (κ3) is 5.76. The van der Waals surface area contributed by atoms with Gasteiger partial charge >= 0.3 is 0 Å². The Morgan fingerprint density at radius 3 is 2.54 bits per heavy atom. The van der Waals surface area contributed by atoms with Crippen molar-refractivity contribution in [2.24, 2.45) is 5.92 Å². The fourth-order valence-electron chi connectivity index (χ4n) is 3.31. The number of benzene rings is 2. The van der Waals surface area contributed by atoms with Crippen molar-refractivity contribution in [3.63, 3.8) is 0 Å². The predicted molar refractivity (Wildman–Crippen MR) is 117 cm³/mol. The molecule has 0 aromatic heterocycles. The van der Waals surface area contributed by atoms with Gasteiger partial charge in [-0.1, -0.05) is 49.1 Å². The number of amides is 2. The van der Waals surface area contributed by atoms with Crippen LogP contribution in [0.25, 0.3) is 0 Å². The van der Waals surface area contributed by atoms with Gasteiger partial charge in [0.15, 0.2) is 0 Å². The summed E-state index contributed by atoms with van der Waals surface area (Å²) in [5.74, 6) is 0.103. The Bertz CT molecular complexity index is 837. The minimum absolute atomic E-state index is 0.103. The van der Waals surface area contributed by atoms with Gasteiger partial charge in [-0.2, -0.15) is 0 Å². The molecule has 6 heteroatoms. The second kappa shape index (κ2) is 9.99. The number of halogens is 1. The number of hydrogen-bond acceptors (Lipinski definition) is 3. The van der Waals surface area contributed by atoms with Gasteiger partial charge < -0.3 is 10.6 Å². The van der Waals surface area contributed by atoms with E-state index >= 15 is 0 Å². The summed E-state index contributed by atoms with van der Waals surface area (Å²) < 4.78 is 0. The van der Waals surface area contributed by atoms with Crippen LogP contribution >= 0.6 is 23.4 Å². The summed E-state index contributed by atoms with van der Waals surface area (Å²) in [5.41, 5.74) is 1.38. The first-order valence-electron chi connectivity index (χ1n) is 9.66. The Hall–Kier alpha value is -1.98. The van der Waals surface area contributed by atoms with Gasteiger partial charge in [0.1, 0.15) is 0 Å². The Morgan fingerprint density at radius 2 is 1.79 bits per heavy atom. The molecule has 2 aromatic rings. The van der Waals surface area contributed by atoms with Crippen LogP contribution in [0.15, 0.2) is 53.4 Å². The van der Waals surface area contributed by atoms with Crippen molar-refractivity contribution in [3.8, 4) is 0 Å². The van der Waals surface area contributed by atoms with Crippen molar-refractivity contribution in [2.75, 3.05) is 10.6 Å². The van der Waals surface area contributed by atoms with E-state index in [9.17, 15) is 9.59 Å². The van der Waals surface area contributed by atoms with E-state index in [1.165, 1.54) is 18.2 Å². The summed E-state index contributed by atoms with van der Waals surface area (Å²) in [6.07, 6.45) is 5.43. The maximum absolute atomic E-state index is 12.5. The summed E-state index contributed by atoms with van der Waals surface area (Å²) >= 11 is 7.55. The Kier molecular flexibility index (Phi) is 7.40. The van der Waals surface area contributed by atoms with Crippen LogP contribution in [0.2, 0.25) is 5.02 Å². The topological polar surface area (TPSA) is 58.2 Å². The van der Waals surface area contributed by atoms with Gasteiger partial charge in [0.25, 0.3) is 0 Å². The number of anilines is 2. The van der Waals surface area contributed by atoms with Crippen LogP contribution in [-0.2, 0) is 9.59 Å². The molecule has 28 heavy (non-hydrogen) atoms. The Morgan fingerprint density at radius 1 is 1.04 bits per heavy atom. The molecule has 0 bridgehead atoms. The van der Waals surface area contributed by atoms with Crippen LogP contribution in [-0.4, -0.2) is 17.1 Å². The Balaban J connectivity index is 1.58. The lowest BCUT2D eigenvalue weighted by Crippen LogP contribution is -2.24. The number of carbonyl (C=O) groups excluding carboxylic acids is 2. The molecule has 2 amide bonds. The molecule has 2 N–H and O–H groups in total. The van der Waals surface area contributed by atoms with E-state index in [4.69, 9.17) is 11.6 Å². The molecule has 1 saturated carbocycles. The zero-order chi connectivity index (χ0) is 19.9. The van der Waals surface area contributed by atoms with Gasteiger partial charge in [0, 0.05) is 16.5 Å². The molecule has 2 aromatic carbocycles. The number of carbonyl (C=O) groups is 2. The van der Waals surface area contributed by atoms with Gasteiger partial charge in [-0.25, -0.2) is 0 Å². The maximum atomic E-state index is 12.5. The van der Waals surface area contributed by atoms with E-state index in [0.717, 1.165) is 36.3 Å². The molecule has 4 nitrogen and oxygen atoms in total. The lowest BCUT2D eigenvalue weighted by atomic mass is 9.88. The minimum atomic E-state index is -0.305. The van der Waals surface area contributed by atoms with Crippen molar-refractivity contribution in [3.05, 3.63) is 53.6 Å². The number of rotatable bonds is 6. The molecule has 1 atom stereocenters. The van der Waals surface area contributed by atoms with E-state index in [-0.39, 0.29) is 23.0 Å². The van der Waals surface area contributed by atoms with E-state index in [1.807, 2.05) is 43.3 Å². The molecule has 3 rings (SSSR count). The highest BCUT2D eigenvalue weighted by Gasteiger charge is 2.21. The molecular weight excluding hydrogens is 392 g/mol. The van der Waals surface area contributed by atoms with Crippen molar-refractivity contribution in [2.45, 2.75) is 49.2 Å². The van der Waals surface area contributed by atoms with Crippen molar-refractivity contribution in [1.82, 2.24) is 0 Å². The quantitative estimate of drug-likeness (QED) is 0.569. The van der Waals surface area contributed by atoms with Crippen LogP contribution in [0.5, 0.6) is 0 Å². The molecule has 1 fully saturated rings. The average Bonchev–Trinajstić information content (AvgIpc) is 2.70. The lowest BCUT2D eigenvalue weighted by Gasteiger charge is -2.21. The number of para-hydroxylation sites is 1. The summed E-state index contributed by atoms with van der Waals surface area (Å²) in [4.78, 5) is 25.9.